The SMILES string of the molecule is CCc1cc2c(cc3n2CC(C)(C(=O)NC2CCCCCC2)N(C2CCCCC2)C3=O)s1. The monoisotopic (exact) mass is 455 g/mol. The lowest BCUT2D eigenvalue weighted by Gasteiger charge is -2.49. The maximum atomic E-state index is 13.9. The first-order valence-electron chi connectivity index (χ1n) is 12.8. The highest BCUT2D eigenvalue weighted by Gasteiger charge is 2.50. The van der Waals surface area contributed by atoms with Gasteiger partial charge >= 0.3 is 0 Å². The molecule has 5 nitrogen and oxygen atoms in total. The first-order valence-corrected chi connectivity index (χ1v) is 13.6. The van der Waals surface area contributed by atoms with Crippen LogP contribution in [-0.4, -0.2) is 38.9 Å². The average Bonchev–Trinajstić information content (AvgIpc) is 3.23. The van der Waals surface area contributed by atoms with E-state index in [4.69, 9.17) is 0 Å². The van der Waals surface area contributed by atoms with Gasteiger partial charge in [-0.15, -0.1) is 11.3 Å². The summed E-state index contributed by atoms with van der Waals surface area (Å²) in [4.78, 5) is 31.2. The molecule has 2 aromatic rings. The maximum Gasteiger partial charge on any atom is 0.271 e. The lowest BCUT2D eigenvalue weighted by molar-refractivity contribution is -0.135. The topological polar surface area (TPSA) is 54.3 Å². The highest BCUT2D eigenvalue weighted by Crippen LogP contribution is 2.39. The summed E-state index contributed by atoms with van der Waals surface area (Å²) in [6.07, 6.45) is 13.5. The van der Waals surface area contributed by atoms with Crippen molar-refractivity contribution in [3.63, 3.8) is 0 Å². The molecule has 2 aliphatic carbocycles. The molecule has 174 valence electrons. The normalized spacial score (nSPS) is 25.7. The lowest BCUT2D eigenvalue weighted by atomic mass is 9.86. The molecule has 3 heterocycles. The largest absolute Gasteiger partial charge is 0.351 e. The molecule has 2 amide bonds. The van der Waals surface area contributed by atoms with Gasteiger partial charge in [0.2, 0.25) is 5.91 Å². The molecule has 3 aliphatic rings. The fraction of sp³-hybridized carbons (Fsp3) is 0.692. The second-order valence-electron chi connectivity index (χ2n) is 10.3. The second-order valence-corrected chi connectivity index (χ2v) is 11.5. The number of amides is 2. The van der Waals surface area contributed by atoms with Gasteiger partial charge in [-0.3, -0.25) is 9.59 Å². The molecule has 2 saturated carbocycles. The minimum atomic E-state index is -0.849. The number of thiophene rings is 1. The van der Waals surface area contributed by atoms with E-state index < -0.39 is 5.54 Å². The predicted molar refractivity (Wildman–Crippen MR) is 130 cm³/mol. The van der Waals surface area contributed by atoms with Gasteiger partial charge in [-0.25, -0.2) is 0 Å². The summed E-state index contributed by atoms with van der Waals surface area (Å²) in [7, 11) is 0. The Morgan fingerprint density at radius 3 is 2.41 bits per heavy atom. The fourth-order valence-electron chi connectivity index (χ4n) is 6.20. The summed E-state index contributed by atoms with van der Waals surface area (Å²) in [6.45, 7) is 4.74. The van der Waals surface area contributed by atoms with Crippen LogP contribution in [0, 0.1) is 0 Å². The third kappa shape index (κ3) is 3.78. The smallest absolute Gasteiger partial charge is 0.271 e. The van der Waals surface area contributed by atoms with E-state index >= 15 is 0 Å². The van der Waals surface area contributed by atoms with E-state index in [9.17, 15) is 9.59 Å². The molecule has 1 aliphatic heterocycles. The second kappa shape index (κ2) is 8.85. The van der Waals surface area contributed by atoms with E-state index in [0.29, 0.717) is 6.54 Å². The van der Waals surface area contributed by atoms with Crippen LogP contribution < -0.4 is 5.32 Å². The van der Waals surface area contributed by atoms with Gasteiger partial charge in [0.05, 0.1) is 16.8 Å². The minimum absolute atomic E-state index is 0.0433. The van der Waals surface area contributed by atoms with E-state index in [-0.39, 0.29) is 23.9 Å². The highest BCUT2D eigenvalue weighted by atomic mass is 32.1. The lowest BCUT2D eigenvalue weighted by Crippen LogP contribution is -2.67. The Hall–Kier alpha value is -1.82. The quantitative estimate of drug-likeness (QED) is 0.606. The fourth-order valence-corrected chi connectivity index (χ4v) is 7.24. The molecular formula is C26H37N3O2S. The maximum absolute atomic E-state index is 13.9. The molecule has 6 heteroatoms. The zero-order chi connectivity index (χ0) is 22.3. The van der Waals surface area contributed by atoms with E-state index in [1.54, 1.807) is 11.3 Å². The van der Waals surface area contributed by atoms with E-state index in [0.717, 1.165) is 56.2 Å². The molecule has 0 bridgehead atoms. The van der Waals surface area contributed by atoms with Gasteiger partial charge in [-0.2, -0.15) is 0 Å². The number of hydrogen-bond donors (Lipinski definition) is 1. The molecule has 2 fully saturated rings. The van der Waals surface area contributed by atoms with Crippen LogP contribution in [0.3, 0.4) is 0 Å². The van der Waals surface area contributed by atoms with Crippen LogP contribution in [0.5, 0.6) is 0 Å². The number of hydrogen-bond acceptors (Lipinski definition) is 3. The Morgan fingerprint density at radius 1 is 1.06 bits per heavy atom. The zero-order valence-corrected chi connectivity index (χ0v) is 20.4. The molecule has 0 radical (unpaired) electrons. The number of carbonyl (C=O) groups excluding carboxylic acids is 2. The molecule has 1 unspecified atom stereocenters. The Labute approximate surface area is 195 Å². The van der Waals surface area contributed by atoms with Crippen molar-refractivity contribution in [1.29, 1.82) is 0 Å². The predicted octanol–water partition coefficient (Wildman–Crippen LogP) is 5.65. The first-order chi connectivity index (χ1) is 15.5. The summed E-state index contributed by atoms with van der Waals surface area (Å²) in [6, 6.07) is 4.69. The van der Waals surface area contributed by atoms with Crippen molar-refractivity contribution in [2.24, 2.45) is 0 Å². The van der Waals surface area contributed by atoms with Crippen LogP contribution >= 0.6 is 11.3 Å². The van der Waals surface area contributed by atoms with Crippen LogP contribution in [-0.2, 0) is 17.8 Å². The van der Waals surface area contributed by atoms with Gasteiger partial charge in [0.15, 0.2) is 0 Å². The molecule has 0 spiro atoms. The van der Waals surface area contributed by atoms with Crippen molar-refractivity contribution < 1.29 is 9.59 Å². The third-order valence-electron chi connectivity index (χ3n) is 8.04. The number of rotatable bonds is 4. The number of aryl methyl sites for hydroxylation is 1. The van der Waals surface area contributed by atoms with Gasteiger partial charge in [-0.05, 0) is 51.2 Å². The van der Waals surface area contributed by atoms with E-state index in [2.05, 4.69) is 28.9 Å². The van der Waals surface area contributed by atoms with E-state index in [1.807, 2.05) is 11.8 Å². The third-order valence-corrected chi connectivity index (χ3v) is 9.26. The summed E-state index contributed by atoms with van der Waals surface area (Å²) >= 11 is 1.78. The molecular weight excluding hydrogens is 418 g/mol. The number of fused-ring (bicyclic) bond motifs is 3. The molecule has 0 aromatic carbocycles. The Balaban J connectivity index is 1.52. The number of aromatic nitrogens is 1. The van der Waals surface area contributed by atoms with Crippen LogP contribution in [0.4, 0.5) is 0 Å². The molecule has 32 heavy (non-hydrogen) atoms. The van der Waals surface area contributed by atoms with E-state index in [1.165, 1.54) is 41.7 Å². The van der Waals surface area contributed by atoms with Crippen molar-refractivity contribution in [1.82, 2.24) is 14.8 Å². The summed E-state index contributed by atoms with van der Waals surface area (Å²) < 4.78 is 3.31. The van der Waals surface area contributed by atoms with Gasteiger partial charge in [0.25, 0.3) is 5.91 Å². The highest BCUT2D eigenvalue weighted by molar-refractivity contribution is 7.19. The summed E-state index contributed by atoms with van der Waals surface area (Å²) in [5.74, 6) is 0.0879. The average molecular weight is 456 g/mol. The first kappa shape index (κ1) is 22.0. The van der Waals surface area contributed by atoms with Gasteiger partial charge < -0.3 is 14.8 Å². The van der Waals surface area contributed by atoms with Crippen molar-refractivity contribution in [2.75, 3.05) is 0 Å². The molecule has 0 saturated heterocycles. The Kier molecular flexibility index (Phi) is 6.08. The van der Waals surface area contributed by atoms with Crippen molar-refractivity contribution in [3.8, 4) is 0 Å². The molecule has 2 aromatic heterocycles. The number of nitrogens with one attached hydrogen (secondary N) is 1. The van der Waals surface area contributed by atoms with Gasteiger partial charge in [0.1, 0.15) is 11.2 Å². The zero-order valence-electron chi connectivity index (χ0n) is 19.6. The van der Waals surface area contributed by atoms with Crippen molar-refractivity contribution >= 4 is 33.4 Å². The van der Waals surface area contributed by atoms with Crippen LogP contribution in [0.2, 0.25) is 0 Å². The van der Waals surface area contributed by atoms with Gasteiger partial charge in [0, 0.05) is 17.0 Å². The van der Waals surface area contributed by atoms with Crippen LogP contribution in [0.1, 0.15) is 99.8 Å². The number of nitrogens with zero attached hydrogens (tertiary/aromatic N) is 2. The molecule has 1 atom stereocenters. The van der Waals surface area contributed by atoms with Crippen LogP contribution in [0.15, 0.2) is 12.1 Å². The summed E-state index contributed by atoms with van der Waals surface area (Å²) in [5, 5.41) is 3.40. The summed E-state index contributed by atoms with van der Waals surface area (Å²) in [5.41, 5.74) is 1.03. The molecule has 1 N–H and O–H groups in total. The van der Waals surface area contributed by atoms with Crippen LogP contribution in [0.25, 0.3) is 10.2 Å². The molecule has 5 rings (SSSR count). The van der Waals surface area contributed by atoms with Gasteiger partial charge in [-0.1, -0.05) is 51.9 Å². The minimum Gasteiger partial charge on any atom is -0.351 e. The Bertz CT molecular complexity index is 994. The van der Waals surface area contributed by atoms with Crippen molar-refractivity contribution in [3.05, 3.63) is 22.7 Å². The van der Waals surface area contributed by atoms with Crippen molar-refractivity contribution in [2.45, 2.75) is 115 Å². The standard InChI is InChI=1S/C26H37N3O2S/c1-3-20-15-21-23(32-20)16-22-24(30)29(19-13-9-6-10-14-19)26(2,17-28(21)22)25(31)27-18-11-7-4-5-8-12-18/h15-16,18-19H,3-14,17H2,1-2H3,(H,27,31). The Morgan fingerprint density at radius 2 is 1.72 bits per heavy atom. The number of carbonyl (C=O) groups is 2.